The smallest absolute Gasteiger partial charge is 0.169 e. The second kappa shape index (κ2) is 3.81. The van der Waals surface area contributed by atoms with Gasteiger partial charge in [-0.05, 0) is 6.07 Å². The molecule has 2 heterocycles. The molecule has 1 aliphatic rings. The van der Waals surface area contributed by atoms with Gasteiger partial charge in [0.1, 0.15) is 6.07 Å². The quantitative estimate of drug-likeness (QED) is 0.605. The molecule has 0 saturated carbocycles. The Kier molecular flexibility index (Phi) is 2.49. The Morgan fingerprint density at radius 1 is 1.40 bits per heavy atom. The van der Waals surface area contributed by atoms with Crippen molar-refractivity contribution in [2.24, 2.45) is 0 Å². The van der Waals surface area contributed by atoms with E-state index in [1.807, 2.05) is 6.07 Å². The van der Waals surface area contributed by atoms with E-state index in [1.165, 1.54) is 6.20 Å². The summed E-state index contributed by atoms with van der Waals surface area (Å²) >= 11 is 0. The topological polar surface area (TPSA) is 93.3 Å². The molecule has 0 bridgehead atoms. The average molecular weight is 206 g/mol. The molecule has 6 nitrogen and oxygen atoms in total. The van der Waals surface area contributed by atoms with Crippen LogP contribution in [0.3, 0.4) is 0 Å². The highest BCUT2D eigenvalue weighted by molar-refractivity contribution is 5.53. The summed E-state index contributed by atoms with van der Waals surface area (Å²) in [6, 6.07) is 3.55. The van der Waals surface area contributed by atoms with Gasteiger partial charge in [0.25, 0.3) is 0 Å². The Bertz CT molecular complexity index is 393. The maximum absolute atomic E-state index is 9.37. The highest BCUT2D eigenvalue weighted by atomic mass is 16.3. The molecule has 1 aliphatic heterocycles. The first kappa shape index (κ1) is 9.83. The first-order chi connectivity index (χ1) is 7.22. The molecule has 6 heteroatoms. The molecule has 0 aliphatic carbocycles. The summed E-state index contributed by atoms with van der Waals surface area (Å²) < 4.78 is 0. The van der Waals surface area contributed by atoms with E-state index >= 15 is 0 Å². The predicted octanol–water partition coefficient (Wildman–Crippen LogP) is -1.11. The number of β-amino-alcohol motifs (C(OH)–C–C–N with tert-alkyl or cyclic N) is 2. The maximum Gasteiger partial charge on any atom is 0.169 e. The Morgan fingerprint density at radius 2 is 2.07 bits per heavy atom. The van der Waals surface area contributed by atoms with E-state index < -0.39 is 12.2 Å². The number of anilines is 1. The van der Waals surface area contributed by atoms with Crippen molar-refractivity contribution >= 4 is 5.82 Å². The number of aliphatic hydroxyl groups is 2. The average Bonchev–Trinajstić information content (AvgIpc) is 2.59. The van der Waals surface area contributed by atoms with Crippen molar-refractivity contribution in [1.82, 2.24) is 10.2 Å². The summed E-state index contributed by atoms with van der Waals surface area (Å²) in [6.07, 6.45) is -0.151. The molecular formula is C9H10N4O2. The van der Waals surface area contributed by atoms with Gasteiger partial charge in [-0.3, -0.25) is 0 Å². The van der Waals surface area contributed by atoms with Gasteiger partial charge in [-0.2, -0.15) is 10.4 Å². The van der Waals surface area contributed by atoms with Crippen molar-refractivity contribution in [3.8, 4) is 6.07 Å². The number of aliphatic hydroxyl groups excluding tert-OH is 2. The summed E-state index contributed by atoms with van der Waals surface area (Å²) in [7, 11) is 0. The lowest BCUT2D eigenvalue weighted by molar-refractivity contribution is 0.0572. The molecule has 15 heavy (non-hydrogen) atoms. The van der Waals surface area contributed by atoms with Crippen LogP contribution in [-0.4, -0.2) is 45.7 Å². The fourth-order valence-electron chi connectivity index (χ4n) is 1.59. The number of rotatable bonds is 1. The molecule has 0 spiro atoms. The first-order valence-corrected chi connectivity index (χ1v) is 4.55. The molecule has 78 valence electrons. The van der Waals surface area contributed by atoms with Gasteiger partial charge >= 0.3 is 0 Å². The highest BCUT2D eigenvalue weighted by Gasteiger charge is 2.31. The van der Waals surface area contributed by atoms with Crippen LogP contribution in [-0.2, 0) is 0 Å². The van der Waals surface area contributed by atoms with Crippen LogP contribution in [0.5, 0.6) is 0 Å². The molecule has 2 unspecified atom stereocenters. The third-order valence-electron chi connectivity index (χ3n) is 2.38. The highest BCUT2D eigenvalue weighted by Crippen LogP contribution is 2.20. The predicted molar refractivity (Wildman–Crippen MR) is 51.0 cm³/mol. The van der Waals surface area contributed by atoms with Gasteiger partial charge in [-0.25, -0.2) is 0 Å². The van der Waals surface area contributed by atoms with E-state index in [4.69, 9.17) is 5.26 Å². The van der Waals surface area contributed by atoms with Crippen molar-refractivity contribution in [2.45, 2.75) is 12.2 Å². The largest absolute Gasteiger partial charge is 0.389 e. The van der Waals surface area contributed by atoms with Crippen LogP contribution in [0, 0.1) is 11.3 Å². The van der Waals surface area contributed by atoms with E-state index in [0.29, 0.717) is 11.4 Å². The van der Waals surface area contributed by atoms with E-state index in [1.54, 1.807) is 11.0 Å². The van der Waals surface area contributed by atoms with Crippen LogP contribution < -0.4 is 4.90 Å². The Balaban J connectivity index is 2.28. The van der Waals surface area contributed by atoms with Gasteiger partial charge in [0, 0.05) is 13.1 Å². The molecule has 1 fully saturated rings. The molecule has 2 N–H and O–H groups in total. The zero-order valence-electron chi connectivity index (χ0n) is 7.91. The Hall–Kier alpha value is -1.71. The minimum atomic E-state index is -0.793. The van der Waals surface area contributed by atoms with Crippen molar-refractivity contribution in [3.05, 3.63) is 17.8 Å². The standard InChI is InChI=1S/C9H10N4O2/c10-3-6-1-2-11-12-9(6)13-4-7(14)8(15)5-13/h1-2,7-8,14-15H,4-5H2. The van der Waals surface area contributed by atoms with E-state index in [-0.39, 0.29) is 13.1 Å². The van der Waals surface area contributed by atoms with E-state index in [2.05, 4.69) is 10.2 Å². The van der Waals surface area contributed by atoms with Crippen molar-refractivity contribution in [1.29, 1.82) is 5.26 Å². The molecule has 1 saturated heterocycles. The number of nitriles is 1. The fourth-order valence-corrected chi connectivity index (χ4v) is 1.59. The number of nitrogens with zero attached hydrogens (tertiary/aromatic N) is 4. The molecule has 1 aromatic heterocycles. The fraction of sp³-hybridized carbons (Fsp3) is 0.444. The molecule has 0 amide bonds. The molecule has 0 aromatic carbocycles. The maximum atomic E-state index is 9.37. The summed E-state index contributed by atoms with van der Waals surface area (Å²) in [5.41, 5.74) is 0.395. The molecular weight excluding hydrogens is 196 g/mol. The van der Waals surface area contributed by atoms with Crippen LogP contribution in [0.25, 0.3) is 0 Å². The molecule has 1 aromatic rings. The van der Waals surface area contributed by atoms with Gasteiger partial charge in [-0.1, -0.05) is 0 Å². The summed E-state index contributed by atoms with van der Waals surface area (Å²) in [5, 5.41) is 35.1. The lowest BCUT2D eigenvalue weighted by atomic mass is 10.3. The van der Waals surface area contributed by atoms with Gasteiger partial charge in [0.2, 0.25) is 0 Å². The van der Waals surface area contributed by atoms with Gasteiger partial charge in [0.05, 0.1) is 24.0 Å². The van der Waals surface area contributed by atoms with Crippen LogP contribution in [0.1, 0.15) is 5.56 Å². The van der Waals surface area contributed by atoms with E-state index in [9.17, 15) is 10.2 Å². The zero-order chi connectivity index (χ0) is 10.8. The van der Waals surface area contributed by atoms with E-state index in [0.717, 1.165) is 0 Å². The summed E-state index contributed by atoms with van der Waals surface area (Å²) in [6.45, 7) is 0.545. The molecule has 0 radical (unpaired) electrons. The summed E-state index contributed by atoms with van der Waals surface area (Å²) in [4.78, 5) is 1.65. The summed E-state index contributed by atoms with van der Waals surface area (Å²) in [5.74, 6) is 0.413. The van der Waals surface area contributed by atoms with Gasteiger partial charge in [0.15, 0.2) is 5.82 Å². The van der Waals surface area contributed by atoms with Gasteiger partial charge in [-0.15, -0.1) is 5.10 Å². The van der Waals surface area contributed by atoms with Crippen LogP contribution in [0.4, 0.5) is 5.82 Å². The SMILES string of the molecule is N#Cc1ccnnc1N1CC(O)C(O)C1. The third-order valence-corrected chi connectivity index (χ3v) is 2.38. The monoisotopic (exact) mass is 206 g/mol. The lowest BCUT2D eigenvalue weighted by Crippen LogP contribution is -2.23. The molecule has 2 rings (SSSR count). The normalized spacial score (nSPS) is 25.3. The van der Waals surface area contributed by atoms with Crippen LogP contribution in [0.2, 0.25) is 0 Å². The van der Waals surface area contributed by atoms with Gasteiger partial charge < -0.3 is 15.1 Å². The lowest BCUT2D eigenvalue weighted by Gasteiger charge is -2.15. The third kappa shape index (κ3) is 1.75. The number of aromatic nitrogens is 2. The second-order valence-electron chi connectivity index (χ2n) is 3.42. The van der Waals surface area contributed by atoms with Crippen molar-refractivity contribution < 1.29 is 10.2 Å². The molecule has 2 atom stereocenters. The first-order valence-electron chi connectivity index (χ1n) is 4.55. The number of hydrogen-bond acceptors (Lipinski definition) is 6. The minimum absolute atomic E-state index is 0.272. The van der Waals surface area contributed by atoms with Crippen LogP contribution in [0.15, 0.2) is 12.3 Å². The van der Waals surface area contributed by atoms with Crippen molar-refractivity contribution in [3.63, 3.8) is 0 Å². The van der Waals surface area contributed by atoms with Crippen molar-refractivity contribution in [2.75, 3.05) is 18.0 Å². The van der Waals surface area contributed by atoms with Crippen LogP contribution >= 0.6 is 0 Å². The zero-order valence-corrected chi connectivity index (χ0v) is 7.91. The Morgan fingerprint density at radius 3 is 2.67 bits per heavy atom. The second-order valence-corrected chi connectivity index (χ2v) is 3.42. The Labute approximate surface area is 86.4 Å². The minimum Gasteiger partial charge on any atom is -0.389 e. The number of hydrogen-bond donors (Lipinski definition) is 2.